The second-order valence-electron chi connectivity index (χ2n) is 5.53. The van der Waals surface area contributed by atoms with Gasteiger partial charge in [0.25, 0.3) is 0 Å². The van der Waals surface area contributed by atoms with Gasteiger partial charge in [0.1, 0.15) is 5.82 Å². The Morgan fingerprint density at radius 2 is 1.79 bits per heavy atom. The highest BCUT2D eigenvalue weighted by atomic mass is 32.2. The molecule has 0 spiro atoms. The molecule has 0 aliphatic rings. The standard InChI is InChI=1S/C18H20FNO3S/c1-3-14-6-4-5-13(2)18(14)20-17(21)11-12-24(22,23)16-9-7-15(19)8-10-16/h4-10H,3,11-12H2,1-2H3,(H,20,21). The minimum atomic E-state index is -3.62. The van der Waals surface area contributed by atoms with Gasteiger partial charge in [-0.25, -0.2) is 12.8 Å². The van der Waals surface area contributed by atoms with Crippen molar-refractivity contribution in [2.75, 3.05) is 11.1 Å². The molecule has 0 saturated carbocycles. The molecule has 0 radical (unpaired) electrons. The number of carbonyl (C=O) groups is 1. The third-order valence-corrected chi connectivity index (χ3v) is 5.51. The summed E-state index contributed by atoms with van der Waals surface area (Å²) in [5.74, 6) is -1.18. The van der Waals surface area contributed by atoms with Crippen molar-refractivity contribution in [3.05, 3.63) is 59.4 Å². The van der Waals surface area contributed by atoms with E-state index in [2.05, 4.69) is 5.32 Å². The number of aryl methyl sites for hydroxylation is 2. The molecule has 0 aromatic heterocycles. The van der Waals surface area contributed by atoms with E-state index < -0.39 is 15.7 Å². The van der Waals surface area contributed by atoms with Gasteiger partial charge in [-0.05, 0) is 48.7 Å². The number of para-hydroxylation sites is 1. The predicted octanol–water partition coefficient (Wildman–Crippen LogP) is 3.50. The first-order valence-electron chi connectivity index (χ1n) is 7.70. The molecule has 1 N–H and O–H groups in total. The summed E-state index contributed by atoms with van der Waals surface area (Å²) in [5, 5.41) is 2.80. The van der Waals surface area contributed by atoms with Crippen molar-refractivity contribution >= 4 is 21.4 Å². The van der Waals surface area contributed by atoms with E-state index in [0.29, 0.717) is 0 Å². The minimum Gasteiger partial charge on any atom is -0.326 e. The maximum atomic E-state index is 12.9. The maximum Gasteiger partial charge on any atom is 0.225 e. The van der Waals surface area contributed by atoms with Crippen LogP contribution in [0.25, 0.3) is 0 Å². The van der Waals surface area contributed by atoms with Crippen LogP contribution in [0.15, 0.2) is 47.4 Å². The van der Waals surface area contributed by atoms with Gasteiger partial charge in [-0.1, -0.05) is 25.1 Å². The van der Waals surface area contributed by atoms with Gasteiger partial charge in [0.2, 0.25) is 5.91 Å². The fourth-order valence-electron chi connectivity index (χ4n) is 2.39. The lowest BCUT2D eigenvalue weighted by molar-refractivity contribution is -0.115. The monoisotopic (exact) mass is 349 g/mol. The van der Waals surface area contributed by atoms with Gasteiger partial charge in [-0.15, -0.1) is 0 Å². The Kier molecular flexibility index (Phi) is 5.72. The molecule has 2 aromatic carbocycles. The number of rotatable bonds is 6. The van der Waals surface area contributed by atoms with E-state index >= 15 is 0 Å². The highest BCUT2D eigenvalue weighted by Crippen LogP contribution is 2.21. The Balaban J connectivity index is 2.05. The summed E-state index contributed by atoms with van der Waals surface area (Å²) in [5.41, 5.74) is 2.68. The van der Waals surface area contributed by atoms with Crippen molar-refractivity contribution < 1.29 is 17.6 Å². The Bertz CT molecular complexity index is 830. The molecule has 2 aromatic rings. The van der Waals surface area contributed by atoms with Crippen LogP contribution in [0.5, 0.6) is 0 Å². The molecule has 4 nitrogen and oxygen atoms in total. The summed E-state index contributed by atoms with van der Waals surface area (Å²) < 4.78 is 37.3. The number of sulfone groups is 1. The highest BCUT2D eigenvalue weighted by molar-refractivity contribution is 7.91. The molecule has 0 saturated heterocycles. The molecule has 0 unspecified atom stereocenters. The first-order valence-corrected chi connectivity index (χ1v) is 9.35. The van der Waals surface area contributed by atoms with E-state index in [-0.39, 0.29) is 23.0 Å². The Morgan fingerprint density at radius 3 is 2.42 bits per heavy atom. The summed E-state index contributed by atoms with van der Waals surface area (Å²) in [7, 11) is -3.62. The van der Waals surface area contributed by atoms with Crippen LogP contribution in [0.4, 0.5) is 10.1 Å². The van der Waals surface area contributed by atoms with Crippen molar-refractivity contribution in [2.24, 2.45) is 0 Å². The molecular weight excluding hydrogens is 329 g/mol. The van der Waals surface area contributed by atoms with Gasteiger partial charge in [-0.3, -0.25) is 4.79 Å². The van der Waals surface area contributed by atoms with Crippen molar-refractivity contribution in [3.8, 4) is 0 Å². The molecule has 0 aliphatic carbocycles. The number of carbonyl (C=O) groups excluding carboxylic acids is 1. The molecule has 24 heavy (non-hydrogen) atoms. The molecule has 0 aliphatic heterocycles. The molecule has 0 heterocycles. The van der Waals surface area contributed by atoms with Crippen LogP contribution >= 0.6 is 0 Å². The summed E-state index contributed by atoms with van der Waals surface area (Å²) >= 11 is 0. The third-order valence-electron chi connectivity index (χ3n) is 3.78. The van der Waals surface area contributed by atoms with E-state index in [1.54, 1.807) is 0 Å². The van der Waals surface area contributed by atoms with Crippen LogP contribution in [0.1, 0.15) is 24.5 Å². The van der Waals surface area contributed by atoms with Gasteiger partial charge in [0.05, 0.1) is 10.6 Å². The van der Waals surface area contributed by atoms with Crippen LogP contribution in [0.3, 0.4) is 0 Å². The summed E-state index contributed by atoms with van der Waals surface area (Å²) in [6.07, 6.45) is 0.613. The van der Waals surface area contributed by atoms with Gasteiger partial charge >= 0.3 is 0 Å². The van der Waals surface area contributed by atoms with Crippen molar-refractivity contribution in [2.45, 2.75) is 31.6 Å². The van der Waals surface area contributed by atoms with Crippen LogP contribution in [0, 0.1) is 12.7 Å². The maximum absolute atomic E-state index is 12.9. The number of amides is 1. The van der Waals surface area contributed by atoms with Crippen molar-refractivity contribution in [1.82, 2.24) is 0 Å². The average Bonchev–Trinajstić information content (AvgIpc) is 2.55. The zero-order valence-electron chi connectivity index (χ0n) is 13.7. The van der Waals surface area contributed by atoms with Gasteiger partial charge in [-0.2, -0.15) is 0 Å². The molecule has 0 bridgehead atoms. The van der Waals surface area contributed by atoms with Crippen molar-refractivity contribution in [3.63, 3.8) is 0 Å². The number of nitrogens with one attached hydrogen (secondary N) is 1. The average molecular weight is 349 g/mol. The van der Waals surface area contributed by atoms with Gasteiger partial charge in [0, 0.05) is 12.1 Å². The van der Waals surface area contributed by atoms with Crippen LogP contribution < -0.4 is 5.32 Å². The molecular formula is C18H20FNO3S. The first-order chi connectivity index (χ1) is 11.3. The van der Waals surface area contributed by atoms with Crippen LogP contribution in [0.2, 0.25) is 0 Å². The lowest BCUT2D eigenvalue weighted by Gasteiger charge is -2.13. The fraction of sp³-hybridized carbons (Fsp3) is 0.278. The van der Waals surface area contributed by atoms with E-state index in [1.807, 2.05) is 32.0 Å². The smallest absolute Gasteiger partial charge is 0.225 e. The summed E-state index contributed by atoms with van der Waals surface area (Å²) in [6.45, 7) is 3.88. The van der Waals surface area contributed by atoms with E-state index in [9.17, 15) is 17.6 Å². The topological polar surface area (TPSA) is 63.2 Å². The zero-order valence-corrected chi connectivity index (χ0v) is 14.5. The Labute approximate surface area is 141 Å². The summed E-state index contributed by atoms with van der Waals surface area (Å²) in [4.78, 5) is 12.1. The molecule has 128 valence electrons. The number of halogens is 1. The van der Waals surface area contributed by atoms with E-state index in [4.69, 9.17) is 0 Å². The van der Waals surface area contributed by atoms with E-state index in [0.717, 1.165) is 35.4 Å². The number of hydrogen-bond donors (Lipinski definition) is 1. The van der Waals surface area contributed by atoms with Crippen molar-refractivity contribution in [1.29, 1.82) is 0 Å². The zero-order chi connectivity index (χ0) is 17.7. The second-order valence-corrected chi connectivity index (χ2v) is 7.64. The molecule has 1 amide bonds. The largest absolute Gasteiger partial charge is 0.326 e. The van der Waals surface area contributed by atoms with Crippen LogP contribution in [-0.2, 0) is 21.1 Å². The fourth-order valence-corrected chi connectivity index (χ4v) is 3.63. The van der Waals surface area contributed by atoms with Crippen LogP contribution in [-0.4, -0.2) is 20.1 Å². The SMILES string of the molecule is CCc1cccc(C)c1NC(=O)CCS(=O)(=O)c1ccc(F)cc1. The lowest BCUT2D eigenvalue weighted by Crippen LogP contribution is -2.18. The van der Waals surface area contributed by atoms with E-state index in [1.165, 1.54) is 12.1 Å². The molecule has 0 fully saturated rings. The molecule has 0 atom stereocenters. The molecule has 2 rings (SSSR count). The third kappa shape index (κ3) is 4.41. The first kappa shape index (κ1) is 18.1. The van der Waals surface area contributed by atoms with Gasteiger partial charge in [0.15, 0.2) is 9.84 Å². The number of hydrogen-bond acceptors (Lipinski definition) is 3. The quantitative estimate of drug-likeness (QED) is 0.812. The number of anilines is 1. The second kappa shape index (κ2) is 7.57. The predicted molar refractivity (Wildman–Crippen MR) is 92.3 cm³/mol. The van der Waals surface area contributed by atoms with Gasteiger partial charge < -0.3 is 5.32 Å². The minimum absolute atomic E-state index is 0.0156. The normalized spacial score (nSPS) is 11.3. The lowest BCUT2D eigenvalue weighted by atomic mass is 10.1. The molecule has 6 heteroatoms. The summed E-state index contributed by atoms with van der Waals surface area (Å²) in [6, 6.07) is 10.3. The highest BCUT2D eigenvalue weighted by Gasteiger charge is 2.17. The Hall–Kier alpha value is -2.21. The Morgan fingerprint density at radius 1 is 1.12 bits per heavy atom. The number of benzene rings is 2.